The lowest BCUT2D eigenvalue weighted by atomic mass is 9.99. The molecule has 4 nitrogen and oxygen atoms in total. The van der Waals surface area contributed by atoms with Crippen LogP contribution in [0, 0.1) is 6.92 Å². The molecule has 0 bridgehead atoms. The molecule has 0 aliphatic carbocycles. The van der Waals surface area contributed by atoms with Gasteiger partial charge in [-0.25, -0.2) is 4.79 Å². The number of urea groups is 1. The first-order valence-corrected chi connectivity index (χ1v) is 5.65. The Kier molecular flexibility index (Phi) is 4.12. The summed E-state index contributed by atoms with van der Waals surface area (Å²) < 4.78 is 0. The Morgan fingerprint density at radius 3 is 2.29 bits per heavy atom. The van der Waals surface area contributed by atoms with Gasteiger partial charge in [0.05, 0.1) is 11.6 Å². The number of hydrogen-bond acceptors (Lipinski definition) is 2. The highest BCUT2D eigenvalue weighted by atomic mass is 16.3. The first-order valence-electron chi connectivity index (χ1n) is 5.65. The molecule has 0 aromatic heterocycles. The van der Waals surface area contributed by atoms with E-state index in [1.54, 1.807) is 20.8 Å². The molecular weight excluding hydrogens is 216 g/mol. The molecule has 1 unspecified atom stereocenters. The molecule has 1 rings (SSSR count). The van der Waals surface area contributed by atoms with Crippen LogP contribution in [0.4, 0.5) is 10.5 Å². The number of carbonyl (C=O) groups excluding carboxylic acids is 1. The van der Waals surface area contributed by atoms with E-state index in [-0.39, 0.29) is 6.03 Å². The molecule has 0 aliphatic rings. The summed E-state index contributed by atoms with van der Waals surface area (Å²) in [7, 11) is 0. The normalized spacial score (nSPS) is 13.0. The van der Waals surface area contributed by atoms with Gasteiger partial charge in [-0.05, 0) is 39.8 Å². The molecule has 17 heavy (non-hydrogen) atoms. The summed E-state index contributed by atoms with van der Waals surface area (Å²) in [4.78, 5) is 11.7. The minimum Gasteiger partial charge on any atom is -0.391 e. The zero-order valence-electron chi connectivity index (χ0n) is 10.7. The van der Waals surface area contributed by atoms with E-state index in [0.717, 1.165) is 11.3 Å². The molecule has 1 aromatic rings. The van der Waals surface area contributed by atoms with Crippen LogP contribution in [0.5, 0.6) is 0 Å². The summed E-state index contributed by atoms with van der Waals surface area (Å²) in [5, 5.41) is 14.9. The van der Waals surface area contributed by atoms with Crippen LogP contribution in [0.2, 0.25) is 0 Å². The summed E-state index contributed by atoms with van der Waals surface area (Å²) in [6, 6.07) is 7.21. The average molecular weight is 236 g/mol. The Labute approximate surface area is 102 Å². The van der Waals surface area contributed by atoms with Crippen molar-refractivity contribution in [3.05, 3.63) is 29.8 Å². The fraction of sp³-hybridized carbons (Fsp3) is 0.462. The smallest absolute Gasteiger partial charge is 0.319 e. The molecule has 0 spiro atoms. The van der Waals surface area contributed by atoms with Crippen molar-refractivity contribution in [2.24, 2.45) is 0 Å². The van der Waals surface area contributed by atoms with Gasteiger partial charge < -0.3 is 15.7 Å². The van der Waals surface area contributed by atoms with E-state index in [9.17, 15) is 9.90 Å². The highest BCUT2D eigenvalue weighted by Gasteiger charge is 2.25. The summed E-state index contributed by atoms with van der Waals surface area (Å²) >= 11 is 0. The van der Waals surface area contributed by atoms with E-state index >= 15 is 0 Å². The first-order chi connectivity index (χ1) is 7.81. The number of rotatable bonds is 3. The Bertz CT molecular complexity index is 383. The first kappa shape index (κ1) is 13.5. The quantitative estimate of drug-likeness (QED) is 0.754. The summed E-state index contributed by atoms with van der Waals surface area (Å²) in [6.45, 7) is 7.17. The Balaban J connectivity index is 2.59. The fourth-order valence-electron chi connectivity index (χ4n) is 1.20. The van der Waals surface area contributed by atoms with Crippen LogP contribution in [-0.4, -0.2) is 22.8 Å². The van der Waals surface area contributed by atoms with Crippen molar-refractivity contribution in [2.75, 3.05) is 5.32 Å². The highest BCUT2D eigenvalue weighted by molar-refractivity contribution is 5.89. The maximum absolute atomic E-state index is 11.7. The van der Waals surface area contributed by atoms with Crippen molar-refractivity contribution >= 4 is 11.7 Å². The maximum atomic E-state index is 11.7. The molecule has 3 N–H and O–H groups in total. The monoisotopic (exact) mass is 236 g/mol. The van der Waals surface area contributed by atoms with E-state index < -0.39 is 11.6 Å². The summed E-state index contributed by atoms with van der Waals surface area (Å²) in [5.74, 6) is 0. The Morgan fingerprint density at radius 1 is 1.29 bits per heavy atom. The Hall–Kier alpha value is -1.55. The van der Waals surface area contributed by atoms with Gasteiger partial charge in [0, 0.05) is 5.69 Å². The number of aryl methyl sites for hydroxylation is 1. The number of nitrogens with one attached hydrogen (secondary N) is 2. The molecule has 94 valence electrons. The lowest BCUT2D eigenvalue weighted by Gasteiger charge is -2.29. The second-order valence-electron chi connectivity index (χ2n) is 4.84. The standard InChI is InChI=1S/C13H20N2O2/c1-9-5-7-11(8-6-9)14-12(17)15-13(3,4)10(2)16/h5-8,10,16H,1-4H3,(H2,14,15,17). The molecule has 0 heterocycles. The van der Waals surface area contributed by atoms with Crippen molar-refractivity contribution in [3.8, 4) is 0 Å². The van der Waals surface area contributed by atoms with Gasteiger partial charge in [0.1, 0.15) is 0 Å². The number of hydrogen-bond donors (Lipinski definition) is 3. The third-order valence-electron chi connectivity index (χ3n) is 2.79. The number of aliphatic hydroxyl groups is 1. The van der Waals surface area contributed by atoms with Crippen LogP contribution in [0.3, 0.4) is 0 Å². The zero-order valence-corrected chi connectivity index (χ0v) is 10.7. The van der Waals surface area contributed by atoms with Crippen molar-refractivity contribution in [2.45, 2.75) is 39.3 Å². The zero-order chi connectivity index (χ0) is 13.1. The minimum atomic E-state index is -0.658. The summed E-state index contributed by atoms with van der Waals surface area (Å²) in [6.07, 6.45) is -0.619. The largest absolute Gasteiger partial charge is 0.391 e. The number of amides is 2. The van der Waals surface area contributed by atoms with Gasteiger partial charge >= 0.3 is 6.03 Å². The van der Waals surface area contributed by atoms with Gasteiger partial charge in [-0.3, -0.25) is 0 Å². The molecule has 0 fully saturated rings. The van der Waals surface area contributed by atoms with Crippen LogP contribution in [0.1, 0.15) is 26.3 Å². The van der Waals surface area contributed by atoms with E-state index in [4.69, 9.17) is 0 Å². The lowest BCUT2D eigenvalue weighted by Crippen LogP contribution is -2.52. The third-order valence-corrected chi connectivity index (χ3v) is 2.79. The topological polar surface area (TPSA) is 61.4 Å². The van der Waals surface area contributed by atoms with Gasteiger partial charge in [0.15, 0.2) is 0 Å². The van der Waals surface area contributed by atoms with E-state index in [1.807, 2.05) is 31.2 Å². The van der Waals surface area contributed by atoms with Crippen molar-refractivity contribution in [3.63, 3.8) is 0 Å². The van der Waals surface area contributed by atoms with E-state index in [0.29, 0.717) is 0 Å². The highest BCUT2D eigenvalue weighted by Crippen LogP contribution is 2.11. The van der Waals surface area contributed by atoms with Crippen LogP contribution in [0.15, 0.2) is 24.3 Å². The number of carbonyl (C=O) groups is 1. The fourth-order valence-corrected chi connectivity index (χ4v) is 1.20. The SMILES string of the molecule is Cc1ccc(NC(=O)NC(C)(C)C(C)O)cc1. The molecule has 4 heteroatoms. The van der Waals surface area contributed by atoms with Crippen LogP contribution >= 0.6 is 0 Å². The minimum absolute atomic E-state index is 0.320. The van der Waals surface area contributed by atoms with Gasteiger partial charge in [0.2, 0.25) is 0 Å². The van der Waals surface area contributed by atoms with Crippen molar-refractivity contribution in [1.82, 2.24) is 5.32 Å². The van der Waals surface area contributed by atoms with Gasteiger partial charge in [-0.1, -0.05) is 17.7 Å². The Morgan fingerprint density at radius 2 is 1.82 bits per heavy atom. The number of aliphatic hydroxyl groups excluding tert-OH is 1. The maximum Gasteiger partial charge on any atom is 0.319 e. The van der Waals surface area contributed by atoms with E-state index in [1.165, 1.54) is 0 Å². The second kappa shape index (κ2) is 5.19. The second-order valence-corrected chi connectivity index (χ2v) is 4.84. The molecule has 0 aliphatic heterocycles. The molecular formula is C13H20N2O2. The van der Waals surface area contributed by atoms with E-state index in [2.05, 4.69) is 10.6 Å². The predicted octanol–water partition coefficient (Wildman–Crippen LogP) is 2.28. The average Bonchev–Trinajstić information content (AvgIpc) is 2.20. The van der Waals surface area contributed by atoms with Crippen LogP contribution < -0.4 is 10.6 Å². The number of benzene rings is 1. The lowest BCUT2D eigenvalue weighted by molar-refractivity contribution is 0.103. The van der Waals surface area contributed by atoms with Gasteiger partial charge in [-0.2, -0.15) is 0 Å². The predicted molar refractivity (Wildman–Crippen MR) is 69.1 cm³/mol. The van der Waals surface area contributed by atoms with Gasteiger partial charge in [0.25, 0.3) is 0 Å². The summed E-state index contributed by atoms with van der Waals surface area (Å²) in [5.41, 5.74) is 1.21. The third kappa shape index (κ3) is 4.07. The van der Waals surface area contributed by atoms with Crippen LogP contribution in [-0.2, 0) is 0 Å². The molecule has 0 saturated carbocycles. The van der Waals surface area contributed by atoms with Gasteiger partial charge in [-0.15, -0.1) is 0 Å². The molecule has 1 atom stereocenters. The van der Waals surface area contributed by atoms with Crippen molar-refractivity contribution < 1.29 is 9.90 Å². The molecule has 0 saturated heterocycles. The van der Waals surface area contributed by atoms with Crippen molar-refractivity contribution in [1.29, 1.82) is 0 Å². The molecule has 0 radical (unpaired) electrons. The molecule has 1 aromatic carbocycles. The number of anilines is 1. The molecule has 2 amide bonds. The van der Waals surface area contributed by atoms with Crippen LogP contribution in [0.25, 0.3) is 0 Å².